The van der Waals surface area contributed by atoms with Crippen LogP contribution in [0.3, 0.4) is 0 Å². The number of benzene rings is 2. The minimum absolute atomic E-state index is 0.237. The predicted octanol–water partition coefficient (Wildman–Crippen LogP) is 3.31. The van der Waals surface area contributed by atoms with E-state index in [9.17, 15) is 27.2 Å². The fourth-order valence-corrected chi connectivity index (χ4v) is 3.34. The number of hydrogen-bond donors (Lipinski definition) is 2. The largest absolute Gasteiger partial charge is 0.322 e. The molecule has 0 unspecified atom stereocenters. The van der Waals surface area contributed by atoms with Crippen LogP contribution >= 0.6 is 0 Å². The van der Waals surface area contributed by atoms with Crippen molar-refractivity contribution in [1.82, 2.24) is 10.4 Å². The zero-order valence-electron chi connectivity index (χ0n) is 16.9. The Balaban J connectivity index is 1.97. The van der Waals surface area contributed by atoms with E-state index in [0.717, 1.165) is 6.92 Å². The third kappa shape index (κ3) is 4.12. The number of nitrogens with zero attached hydrogens (tertiary/aromatic N) is 3. The number of hydrogen-bond acceptors (Lipinski definition) is 5. The highest BCUT2D eigenvalue weighted by atomic mass is 19.2. The van der Waals surface area contributed by atoms with E-state index in [0.29, 0.717) is 21.8 Å². The molecule has 0 radical (unpaired) electrons. The van der Waals surface area contributed by atoms with Gasteiger partial charge >= 0.3 is 0 Å². The van der Waals surface area contributed by atoms with Gasteiger partial charge < -0.3 is 5.32 Å². The maximum atomic E-state index is 14.6. The van der Waals surface area contributed by atoms with Crippen molar-refractivity contribution in [3.05, 3.63) is 89.3 Å². The lowest BCUT2D eigenvalue weighted by Crippen LogP contribution is -2.53. The Morgan fingerprint density at radius 2 is 1.58 bits per heavy atom. The second-order valence-electron chi connectivity index (χ2n) is 6.96. The molecule has 0 spiro atoms. The molecular weight excluding hydrogens is 442 g/mol. The van der Waals surface area contributed by atoms with Crippen molar-refractivity contribution >= 4 is 28.9 Å². The highest BCUT2D eigenvalue weighted by molar-refractivity contribution is 6.20. The van der Waals surface area contributed by atoms with Crippen molar-refractivity contribution in [2.24, 2.45) is 4.99 Å². The van der Waals surface area contributed by atoms with E-state index in [4.69, 9.17) is 0 Å². The quantitative estimate of drug-likeness (QED) is 0.358. The topological polar surface area (TPSA) is 86.7 Å². The number of pyridine rings is 1. The molecule has 33 heavy (non-hydrogen) atoms. The first kappa shape index (κ1) is 21.9. The zero-order valence-corrected chi connectivity index (χ0v) is 16.9. The minimum Gasteiger partial charge on any atom is -0.322 e. The number of anilines is 2. The normalized spacial score (nSPS) is 15.1. The van der Waals surface area contributed by atoms with Gasteiger partial charge in [-0.05, 0) is 6.07 Å². The van der Waals surface area contributed by atoms with Crippen LogP contribution in [0.2, 0.25) is 0 Å². The molecule has 168 valence electrons. The van der Waals surface area contributed by atoms with Crippen LogP contribution in [0.5, 0.6) is 0 Å². The van der Waals surface area contributed by atoms with Gasteiger partial charge in [-0.3, -0.25) is 15.0 Å². The van der Waals surface area contributed by atoms with E-state index in [1.54, 1.807) is 54.6 Å². The van der Waals surface area contributed by atoms with Crippen LogP contribution in [0.4, 0.5) is 28.9 Å². The van der Waals surface area contributed by atoms with Crippen molar-refractivity contribution < 1.29 is 27.2 Å². The molecule has 2 amide bonds. The van der Waals surface area contributed by atoms with Gasteiger partial charge in [-0.2, -0.15) is 22.5 Å². The predicted molar refractivity (Wildman–Crippen MR) is 111 cm³/mol. The number of benzodiazepines with no additional fused rings is 1. The van der Waals surface area contributed by atoms with E-state index >= 15 is 0 Å². The van der Waals surface area contributed by atoms with Gasteiger partial charge in [0.25, 0.3) is 17.8 Å². The number of carbonyl (C=O) groups excluding carboxylic acids is 2. The number of hydrazine groups is 1. The Labute approximate surface area is 184 Å². The molecule has 2 N–H and O–H groups in total. The molecule has 0 saturated carbocycles. The molecule has 11 heteroatoms. The summed E-state index contributed by atoms with van der Waals surface area (Å²) in [7, 11) is 0. The number of nitrogens with one attached hydrogen (secondary N) is 2. The Morgan fingerprint density at radius 3 is 2.21 bits per heavy atom. The van der Waals surface area contributed by atoms with Gasteiger partial charge in [-0.25, -0.2) is 10.0 Å². The molecule has 1 aliphatic rings. The average molecular weight is 457 g/mol. The molecule has 1 aliphatic heterocycles. The summed E-state index contributed by atoms with van der Waals surface area (Å²) in [5.41, 5.74) is 2.28. The summed E-state index contributed by atoms with van der Waals surface area (Å²) in [6, 6.07) is 15.2. The third-order valence-corrected chi connectivity index (χ3v) is 4.71. The second-order valence-corrected chi connectivity index (χ2v) is 6.96. The number of fused-ring (bicyclic) bond motifs is 1. The number of carbonyl (C=O) groups is 2. The molecule has 0 bridgehead atoms. The van der Waals surface area contributed by atoms with Crippen LogP contribution in [-0.2, 0) is 9.59 Å². The maximum absolute atomic E-state index is 14.6. The monoisotopic (exact) mass is 457 g/mol. The molecule has 2 aromatic carbocycles. The molecule has 2 heterocycles. The number of para-hydroxylation sites is 1. The summed E-state index contributed by atoms with van der Waals surface area (Å²) < 4.78 is 56.9. The van der Waals surface area contributed by atoms with Crippen LogP contribution in [0.15, 0.2) is 59.6 Å². The van der Waals surface area contributed by atoms with Crippen molar-refractivity contribution in [3.8, 4) is 0 Å². The van der Waals surface area contributed by atoms with Crippen molar-refractivity contribution in [3.63, 3.8) is 0 Å². The van der Waals surface area contributed by atoms with Crippen LogP contribution in [0.25, 0.3) is 0 Å². The first-order valence-corrected chi connectivity index (χ1v) is 9.58. The van der Waals surface area contributed by atoms with Gasteiger partial charge in [-0.1, -0.05) is 48.5 Å². The van der Waals surface area contributed by atoms with E-state index < -0.39 is 47.2 Å². The SMILES string of the molecule is CC(=O)NN(c1c(F)c(F)nc(F)c1F)[C@@H]1N=C(c2ccccc2)c2ccccc2NC1=O. The molecule has 7 nitrogen and oxygen atoms in total. The molecule has 3 aromatic rings. The minimum atomic E-state index is -1.95. The van der Waals surface area contributed by atoms with Gasteiger partial charge in [0, 0.05) is 18.1 Å². The lowest BCUT2D eigenvalue weighted by Gasteiger charge is -2.29. The van der Waals surface area contributed by atoms with E-state index in [-0.39, 0.29) is 5.71 Å². The summed E-state index contributed by atoms with van der Waals surface area (Å²) in [6.45, 7) is 0.988. The number of rotatable bonds is 4. The summed E-state index contributed by atoms with van der Waals surface area (Å²) in [4.78, 5) is 31.8. The number of aliphatic imine (C=N–C) groups is 1. The van der Waals surface area contributed by atoms with Crippen LogP contribution in [0.1, 0.15) is 18.1 Å². The molecule has 0 saturated heterocycles. The number of aromatic nitrogens is 1. The Bertz CT molecular complexity index is 1260. The highest BCUT2D eigenvalue weighted by Gasteiger charge is 2.36. The smallest absolute Gasteiger partial charge is 0.271 e. The molecule has 4 rings (SSSR count). The first-order valence-electron chi connectivity index (χ1n) is 9.58. The van der Waals surface area contributed by atoms with Gasteiger partial charge in [-0.15, -0.1) is 0 Å². The van der Waals surface area contributed by atoms with Crippen LogP contribution in [-0.4, -0.2) is 28.7 Å². The molecule has 1 aromatic heterocycles. The number of halogens is 4. The third-order valence-electron chi connectivity index (χ3n) is 4.71. The lowest BCUT2D eigenvalue weighted by atomic mass is 10.0. The second kappa shape index (κ2) is 8.69. The zero-order chi connectivity index (χ0) is 23.7. The Hall–Kier alpha value is -4.28. The molecule has 1 atom stereocenters. The van der Waals surface area contributed by atoms with Gasteiger partial charge in [0.15, 0.2) is 0 Å². The highest BCUT2D eigenvalue weighted by Crippen LogP contribution is 2.30. The number of amides is 2. The molecule has 0 fully saturated rings. The van der Waals surface area contributed by atoms with Crippen LogP contribution < -0.4 is 15.8 Å². The van der Waals surface area contributed by atoms with Gasteiger partial charge in [0.05, 0.1) is 11.4 Å². The van der Waals surface area contributed by atoms with Gasteiger partial charge in [0.2, 0.25) is 23.7 Å². The Kier molecular flexibility index (Phi) is 5.78. The fraction of sp³-hybridized carbons (Fsp3) is 0.0909. The van der Waals surface area contributed by atoms with E-state index in [1.807, 2.05) is 5.43 Å². The van der Waals surface area contributed by atoms with E-state index in [2.05, 4.69) is 15.3 Å². The fourth-order valence-electron chi connectivity index (χ4n) is 3.34. The summed E-state index contributed by atoms with van der Waals surface area (Å²) in [5.74, 6) is -9.52. The van der Waals surface area contributed by atoms with Crippen molar-refractivity contribution in [2.75, 3.05) is 10.3 Å². The Morgan fingerprint density at radius 1 is 0.970 bits per heavy atom. The summed E-state index contributed by atoms with van der Waals surface area (Å²) in [5, 5.41) is 2.91. The standard InChI is InChI=1S/C22H15F4N5O2/c1-11(32)30-31(18-15(23)19(25)29-20(26)16(18)24)21-22(33)27-14-10-6-5-9-13(14)17(28-21)12-7-3-2-4-8-12/h2-10,21H,1H3,(H,27,33)(H,30,32)/t21-/m0/s1. The molecular formula is C22H15F4N5O2. The summed E-state index contributed by atoms with van der Waals surface area (Å²) >= 11 is 0. The van der Waals surface area contributed by atoms with Crippen molar-refractivity contribution in [2.45, 2.75) is 13.1 Å². The van der Waals surface area contributed by atoms with Gasteiger partial charge in [0.1, 0.15) is 5.69 Å². The summed E-state index contributed by atoms with van der Waals surface area (Å²) in [6.07, 6.45) is -1.85. The van der Waals surface area contributed by atoms with Crippen LogP contribution in [0, 0.1) is 23.5 Å². The van der Waals surface area contributed by atoms with Crippen molar-refractivity contribution in [1.29, 1.82) is 0 Å². The maximum Gasteiger partial charge on any atom is 0.271 e. The lowest BCUT2D eigenvalue weighted by molar-refractivity contribution is -0.120. The first-order chi connectivity index (χ1) is 15.8. The average Bonchev–Trinajstić information content (AvgIpc) is 2.93. The molecule has 0 aliphatic carbocycles. The van der Waals surface area contributed by atoms with E-state index in [1.165, 1.54) is 0 Å².